The zero-order chi connectivity index (χ0) is 11.8. The highest BCUT2D eigenvalue weighted by atomic mass is 32.2. The molecule has 0 bridgehead atoms. The highest BCUT2D eigenvalue weighted by Crippen LogP contribution is 2.01. The van der Waals surface area contributed by atoms with Gasteiger partial charge in [0.25, 0.3) is 0 Å². The van der Waals surface area contributed by atoms with Crippen LogP contribution in [-0.2, 0) is 9.53 Å². The molecule has 1 rings (SSSR count). The maximum Gasteiger partial charge on any atom is 0.214 e. The Hall–Kier alpha value is -1.55. The summed E-state index contributed by atoms with van der Waals surface area (Å²) in [5, 5.41) is -0.104. The third-order valence-electron chi connectivity index (χ3n) is 1.81. The van der Waals surface area contributed by atoms with Crippen LogP contribution in [0.25, 0.3) is 0 Å². The fraction of sp³-hybridized carbons (Fsp3) is 0.167. The van der Waals surface area contributed by atoms with Crippen molar-refractivity contribution in [2.45, 2.75) is 0 Å². The van der Waals surface area contributed by atoms with Gasteiger partial charge < -0.3 is 4.74 Å². The van der Waals surface area contributed by atoms with Crippen LogP contribution in [0.3, 0.4) is 0 Å². The number of benzene rings is 1. The lowest BCUT2D eigenvalue weighted by Gasteiger charge is -1.99. The van der Waals surface area contributed by atoms with Crippen LogP contribution < -0.4 is 0 Å². The molecule has 16 heavy (non-hydrogen) atoms. The van der Waals surface area contributed by atoms with Gasteiger partial charge in [-0.1, -0.05) is 42.1 Å². The molecular weight excluding hydrogens is 224 g/mol. The van der Waals surface area contributed by atoms with E-state index in [2.05, 4.69) is 0 Å². The van der Waals surface area contributed by atoms with Gasteiger partial charge in [-0.05, 0) is 6.26 Å². The number of carbonyl (C=O) groups excluding carboxylic acids is 2. The second-order valence-electron chi connectivity index (χ2n) is 2.93. The first kappa shape index (κ1) is 12.5. The largest absolute Gasteiger partial charge is 0.493 e. The molecule has 0 aliphatic heterocycles. The molecule has 0 heterocycles. The maximum absolute atomic E-state index is 11.5. The van der Waals surface area contributed by atoms with Crippen LogP contribution in [-0.4, -0.2) is 23.8 Å². The highest BCUT2D eigenvalue weighted by Gasteiger charge is 2.03. The molecule has 0 spiro atoms. The van der Waals surface area contributed by atoms with E-state index in [0.717, 1.165) is 11.8 Å². The average molecular weight is 236 g/mol. The number of ketones is 1. The quantitative estimate of drug-likeness (QED) is 0.447. The van der Waals surface area contributed by atoms with Crippen LogP contribution in [0.1, 0.15) is 10.4 Å². The molecule has 0 fully saturated rings. The van der Waals surface area contributed by atoms with E-state index < -0.39 is 0 Å². The molecule has 0 saturated carbocycles. The molecule has 0 amide bonds. The van der Waals surface area contributed by atoms with Crippen LogP contribution in [0.15, 0.2) is 42.7 Å². The van der Waals surface area contributed by atoms with Crippen molar-refractivity contribution in [2.75, 3.05) is 12.9 Å². The van der Waals surface area contributed by atoms with Gasteiger partial charge in [-0.15, -0.1) is 0 Å². The van der Waals surface area contributed by atoms with Crippen molar-refractivity contribution < 1.29 is 14.3 Å². The summed E-state index contributed by atoms with van der Waals surface area (Å²) in [5.41, 5.74) is 0.604. The second kappa shape index (κ2) is 6.85. The zero-order valence-electron chi connectivity index (χ0n) is 8.88. The molecule has 0 radical (unpaired) electrons. The highest BCUT2D eigenvalue weighted by molar-refractivity contribution is 8.13. The van der Waals surface area contributed by atoms with E-state index in [1.54, 1.807) is 30.5 Å². The predicted octanol–water partition coefficient (Wildman–Crippen LogP) is 2.29. The fourth-order valence-electron chi connectivity index (χ4n) is 1.00. The molecule has 0 unspecified atom stereocenters. The van der Waals surface area contributed by atoms with Gasteiger partial charge in [0.1, 0.15) is 0 Å². The van der Waals surface area contributed by atoms with Crippen molar-refractivity contribution in [1.29, 1.82) is 0 Å². The Morgan fingerprint density at radius 2 is 2.00 bits per heavy atom. The molecule has 0 aliphatic carbocycles. The first-order valence-electron chi connectivity index (χ1n) is 4.68. The van der Waals surface area contributed by atoms with E-state index in [1.807, 2.05) is 6.07 Å². The van der Waals surface area contributed by atoms with Crippen molar-refractivity contribution in [3.63, 3.8) is 0 Å². The Morgan fingerprint density at radius 1 is 1.31 bits per heavy atom. The lowest BCUT2D eigenvalue weighted by Crippen LogP contribution is -2.06. The smallest absolute Gasteiger partial charge is 0.214 e. The van der Waals surface area contributed by atoms with E-state index >= 15 is 0 Å². The van der Waals surface area contributed by atoms with Gasteiger partial charge in [0, 0.05) is 11.6 Å². The molecular formula is C12H12O3S. The van der Waals surface area contributed by atoms with Crippen LogP contribution in [0.5, 0.6) is 0 Å². The Morgan fingerprint density at radius 3 is 2.62 bits per heavy atom. The number of thioether (sulfide) groups is 1. The minimum Gasteiger partial charge on any atom is -0.493 e. The van der Waals surface area contributed by atoms with Crippen LogP contribution >= 0.6 is 11.8 Å². The summed E-state index contributed by atoms with van der Waals surface area (Å²) < 4.78 is 4.96. The molecule has 84 valence electrons. The lowest BCUT2D eigenvalue weighted by atomic mass is 10.1. The summed E-state index contributed by atoms with van der Waals surface area (Å²) in [7, 11) is 0. The lowest BCUT2D eigenvalue weighted by molar-refractivity contribution is -0.107. The van der Waals surface area contributed by atoms with Gasteiger partial charge in [-0.3, -0.25) is 9.59 Å². The van der Waals surface area contributed by atoms with Gasteiger partial charge in [0.15, 0.2) is 12.4 Å². The number of hydrogen-bond acceptors (Lipinski definition) is 4. The maximum atomic E-state index is 11.5. The van der Waals surface area contributed by atoms with E-state index in [1.165, 1.54) is 12.3 Å². The first-order chi connectivity index (χ1) is 7.74. The van der Waals surface area contributed by atoms with Gasteiger partial charge in [-0.2, -0.15) is 0 Å². The van der Waals surface area contributed by atoms with E-state index in [0.29, 0.717) is 5.56 Å². The van der Waals surface area contributed by atoms with Crippen LogP contribution in [0.4, 0.5) is 0 Å². The van der Waals surface area contributed by atoms with Crippen molar-refractivity contribution in [3.8, 4) is 0 Å². The van der Waals surface area contributed by atoms with E-state index in [9.17, 15) is 9.59 Å². The van der Waals surface area contributed by atoms with Gasteiger partial charge in [0.2, 0.25) is 5.12 Å². The zero-order valence-corrected chi connectivity index (χ0v) is 9.70. The van der Waals surface area contributed by atoms with Crippen LogP contribution in [0, 0.1) is 0 Å². The van der Waals surface area contributed by atoms with E-state index in [4.69, 9.17) is 4.74 Å². The number of ether oxygens (including phenoxy) is 1. The Balaban J connectivity index is 2.37. The number of hydrogen-bond donors (Lipinski definition) is 0. The molecule has 3 nitrogen and oxygen atoms in total. The minimum atomic E-state index is -0.109. The summed E-state index contributed by atoms with van der Waals surface area (Å²) in [6, 6.07) is 8.88. The summed E-state index contributed by atoms with van der Waals surface area (Å²) >= 11 is 1.09. The van der Waals surface area contributed by atoms with Crippen molar-refractivity contribution >= 4 is 22.7 Å². The molecule has 0 atom stereocenters. The fourth-order valence-corrected chi connectivity index (χ4v) is 1.19. The Kier molecular flexibility index (Phi) is 5.36. The third kappa shape index (κ3) is 4.31. The molecule has 0 aliphatic rings. The number of Topliss-reactive ketones (excluding diaryl/α,β-unsaturated/α-hetero) is 1. The van der Waals surface area contributed by atoms with Crippen molar-refractivity contribution in [1.82, 2.24) is 0 Å². The molecule has 4 heteroatoms. The van der Waals surface area contributed by atoms with Gasteiger partial charge in [0.05, 0.1) is 6.26 Å². The standard InChI is InChI=1S/C12H12O3S/c1-16-12(14)7-8-15-9-11(13)10-5-3-2-4-6-10/h2-8H,9H2,1H3/b8-7+. The molecule has 0 N–H and O–H groups in total. The predicted molar refractivity (Wildman–Crippen MR) is 64.4 cm³/mol. The summed E-state index contributed by atoms with van der Waals surface area (Å²) in [6.45, 7) is -0.0534. The molecule has 1 aromatic carbocycles. The number of rotatable bonds is 5. The van der Waals surface area contributed by atoms with E-state index in [-0.39, 0.29) is 17.5 Å². The summed E-state index contributed by atoms with van der Waals surface area (Å²) in [6.07, 6.45) is 4.23. The third-order valence-corrected chi connectivity index (χ3v) is 2.35. The number of carbonyl (C=O) groups is 2. The Labute approximate surface area is 98.5 Å². The first-order valence-corrected chi connectivity index (χ1v) is 5.91. The van der Waals surface area contributed by atoms with Crippen molar-refractivity contribution in [3.05, 3.63) is 48.2 Å². The average Bonchev–Trinajstić information content (AvgIpc) is 2.35. The van der Waals surface area contributed by atoms with Crippen molar-refractivity contribution in [2.24, 2.45) is 0 Å². The Bertz CT molecular complexity index is 385. The minimum absolute atomic E-state index is 0.0534. The monoisotopic (exact) mass is 236 g/mol. The summed E-state index contributed by atoms with van der Waals surface area (Å²) in [4.78, 5) is 22.3. The summed E-state index contributed by atoms with van der Waals surface area (Å²) in [5.74, 6) is -0.109. The topological polar surface area (TPSA) is 43.4 Å². The second-order valence-corrected chi connectivity index (χ2v) is 3.74. The van der Waals surface area contributed by atoms with Gasteiger partial charge in [-0.25, -0.2) is 0 Å². The molecule has 1 aromatic rings. The van der Waals surface area contributed by atoms with Crippen LogP contribution in [0.2, 0.25) is 0 Å². The molecule has 0 saturated heterocycles. The SMILES string of the molecule is CSC(=O)/C=C/OCC(=O)c1ccccc1. The molecule has 0 aromatic heterocycles. The normalized spacial score (nSPS) is 10.3. The van der Waals surface area contributed by atoms with Gasteiger partial charge >= 0.3 is 0 Å².